The monoisotopic (exact) mass is 830 g/mol. The summed E-state index contributed by atoms with van der Waals surface area (Å²) in [6, 6.07) is 16.4. The van der Waals surface area contributed by atoms with Gasteiger partial charge in [-0.3, -0.25) is 34.2 Å². The number of benzene rings is 3. The molecule has 20 heteroatoms. The van der Waals surface area contributed by atoms with Gasteiger partial charge in [-0.1, -0.05) is 72.8 Å². The average Bonchev–Trinajstić information content (AvgIpc) is 3.20. The third-order valence-corrected chi connectivity index (χ3v) is 9.24. The molecule has 3 rings (SSSR count). The first-order valence-corrected chi connectivity index (χ1v) is 19.5. The zero-order valence-corrected chi connectivity index (χ0v) is 33.5. The van der Waals surface area contributed by atoms with Gasteiger partial charge in [0.05, 0.1) is 6.04 Å². The van der Waals surface area contributed by atoms with Crippen LogP contribution in [0.3, 0.4) is 0 Å². The van der Waals surface area contributed by atoms with Crippen molar-refractivity contribution in [1.82, 2.24) is 21.3 Å². The molecular weight excluding hydrogens is 773 g/mol. The molecule has 0 spiro atoms. The smallest absolute Gasteiger partial charge is 0.326 e. The van der Waals surface area contributed by atoms with E-state index >= 15 is 0 Å². The van der Waals surface area contributed by atoms with Crippen molar-refractivity contribution in [3.8, 4) is 0 Å². The number of fused-ring (bicyclic) bond motifs is 1. The van der Waals surface area contributed by atoms with E-state index in [1.807, 2.05) is 72.8 Å². The molecule has 20 nitrogen and oxygen atoms in total. The highest BCUT2D eigenvalue weighted by atomic mass is 16.4. The Hall–Kier alpha value is -6.96. The number of nitrogens with one attached hydrogen (secondary N) is 4. The van der Waals surface area contributed by atoms with Crippen LogP contribution in [0.5, 0.6) is 0 Å². The maximum Gasteiger partial charge on any atom is 0.326 e. The van der Waals surface area contributed by atoms with Crippen molar-refractivity contribution in [2.45, 2.75) is 81.6 Å². The van der Waals surface area contributed by atoms with Gasteiger partial charge < -0.3 is 66.5 Å². The molecule has 0 aliphatic rings. The number of rotatable bonds is 25. The first-order chi connectivity index (χ1) is 28.6. The SMILES string of the molecule is NC(N)=NCCC[C@H](NC(=O)[C@H](CCCN=C(N)N)NC(=O)[C@H](CCCN=C(N)N)NC(=O)[C@H](Cc1ccc2ccccc2c1)NC(=O)[C@@H](N)Cc1ccccc1)C(=O)O. The topological polar surface area (TPSA) is 373 Å². The molecule has 0 aromatic heterocycles. The van der Waals surface area contributed by atoms with Crippen molar-refractivity contribution < 1.29 is 29.1 Å². The van der Waals surface area contributed by atoms with Crippen molar-refractivity contribution in [3.63, 3.8) is 0 Å². The minimum atomic E-state index is -1.34. The largest absolute Gasteiger partial charge is 0.480 e. The van der Waals surface area contributed by atoms with Crippen molar-refractivity contribution in [3.05, 3.63) is 83.9 Å². The lowest BCUT2D eigenvalue weighted by Gasteiger charge is -2.26. The van der Waals surface area contributed by atoms with Gasteiger partial charge in [-0.15, -0.1) is 0 Å². The number of nitrogens with zero attached hydrogens (tertiary/aromatic N) is 3. The summed E-state index contributed by atoms with van der Waals surface area (Å²) in [6.07, 6.45) is 0.884. The number of carboxylic acid groups (broad SMARTS) is 1. The summed E-state index contributed by atoms with van der Waals surface area (Å²) >= 11 is 0. The molecule has 0 radical (unpaired) electrons. The normalized spacial score (nSPS) is 13.3. The van der Waals surface area contributed by atoms with Crippen LogP contribution >= 0.6 is 0 Å². The fraction of sp³-hybridized carbons (Fsp3) is 0.400. The summed E-state index contributed by atoms with van der Waals surface area (Å²) in [6.45, 7) is 0.337. The zero-order valence-electron chi connectivity index (χ0n) is 33.5. The Kier molecular flexibility index (Phi) is 19.5. The van der Waals surface area contributed by atoms with Crippen LogP contribution in [0.1, 0.15) is 49.7 Å². The molecule has 0 saturated carbocycles. The predicted molar refractivity (Wildman–Crippen MR) is 231 cm³/mol. The van der Waals surface area contributed by atoms with Crippen LogP contribution in [0, 0.1) is 0 Å². The molecule has 0 unspecified atom stereocenters. The van der Waals surface area contributed by atoms with Crippen LogP contribution in [0.2, 0.25) is 0 Å². The van der Waals surface area contributed by atoms with E-state index in [1.165, 1.54) is 0 Å². The molecule has 3 aromatic carbocycles. The van der Waals surface area contributed by atoms with E-state index in [4.69, 9.17) is 40.1 Å². The Morgan fingerprint density at radius 1 is 0.500 bits per heavy atom. The highest BCUT2D eigenvalue weighted by Gasteiger charge is 2.32. The van der Waals surface area contributed by atoms with Gasteiger partial charge in [0.15, 0.2) is 17.9 Å². The highest BCUT2D eigenvalue weighted by molar-refractivity contribution is 5.96. The van der Waals surface area contributed by atoms with E-state index in [1.54, 1.807) is 0 Å². The van der Waals surface area contributed by atoms with Gasteiger partial charge in [-0.2, -0.15) is 0 Å². The Balaban J connectivity index is 1.90. The minimum absolute atomic E-state index is 0.00337. The maximum absolute atomic E-state index is 14.2. The number of carbonyl (C=O) groups is 5. The van der Waals surface area contributed by atoms with Crippen LogP contribution in [0.4, 0.5) is 0 Å². The van der Waals surface area contributed by atoms with Crippen molar-refractivity contribution >= 4 is 58.2 Å². The predicted octanol–water partition coefficient (Wildman–Crippen LogP) is -1.86. The maximum atomic E-state index is 14.2. The quantitative estimate of drug-likeness (QED) is 0.0254. The molecule has 0 fully saturated rings. The van der Waals surface area contributed by atoms with Gasteiger partial charge >= 0.3 is 5.97 Å². The summed E-state index contributed by atoms with van der Waals surface area (Å²) in [5.74, 6) is -4.69. The van der Waals surface area contributed by atoms with Crippen LogP contribution in [0.15, 0.2) is 87.8 Å². The standard InChI is InChI=1S/C40H58N14O6/c41-28(22-24-9-2-1-3-10-24)33(55)54-32(23-25-16-17-26-11-4-5-12-27(26)21-25)36(58)52-29(13-6-18-48-38(42)43)34(56)51-30(14-7-19-49-39(44)45)35(57)53-31(37(59)60)15-8-20-50-40(46)47/h1-5,9-12,16-17,21,28-32H,6-8,13-15,18-20,22-23,41H2,(H,51,56)(H,52,58)(H,53,57)(H,54,55)(H,59,60)(H4,42,43,48)(H4,44,45,49)(H4,46,47,50)/t28-,29-,30-,31-,32-/m0/s1. The number of hydrogen-bond acceptors (Lipinski definition) is 9. The number of nitrogens with two attached hydrogens (primary N) is 7. The third-order valence-electron chi connectivity index (χ3n) is 9.24. The lowest BCUT2D eigenvalue weighted by Crippen LogP contribution is -2.59. The molecular formula is C40H58N14O6. The van der Waals surface area contributed by atoms with Gasteiger partial charge in [0, 0.05) is 26.1 Å². The molecule has 5 atom stereocenters. The van der Waals surface area contributed by atoms with Gasteiger partial charge in [-0.05, 0) is 66.8 Å². The van der Waals surface area contributed by atoms with E-state index < -0.39 is 59.8 Å². The highest BCUT2D eigenvalue weighted by Crippen LogP contribution is 2.17. The minimum Gasteiger partial charge on any atom is -0.480 e. The van der Waals surface area contributed by atoms with E-state index in [0.29, 0.717) is 0 Å². The number of amides is 4. The first kappa shape index (κ1) is 47.4. The number of guanidine groups is 3. The summed E-state index contributed by atoms with van der Waals surface area (Å²) in [4.78, 5) is 79.3. The lowest BCUT2D eigenvalue weighted by molar-refractivity contribution is -0.142. The van der Waals surface area contributed by atoms with Crippen LogP contribution < -0.4 is 61.4 Å². The Bertz CT molecular complexity index is 1980. The first-order valence-electron chi connectivity index (χ1n) is 19.5. The molecule has 60 heavy (non-hydrogen) atoms. The second-order valence-corrected chi connectivity index (χ2v) is 14.1. The molecule has 19 N–H and O–H groups in total. The molecule has 324 valence electrons. The fourth-order valence-electron chi connectivity index (χ4n) is 6.17. The summed E-state index contributed by atoms with van der Waals surface area (Å²) < 4.78 is 0. The van der Waals surface area contributed by atoms with Crippen molar-refractivity contribution in [1.29, 1.82) is 0 Å². The molecule has 3 aromatic rings. The fourth-order valence-corrected chi connectivity index (χ4v) is 6.17. The van der Waals surface area contributed by atoms with Gasteiger partial charge in [0.1, 0.15) is 24.2 Å². The van der Waals surface area contributed by atoms with E-state index in [0.717, 1.165) is 21.9 Å². The number of carbonyl (C=O) groups excluding carboxylic acids is 4. The number of hydrogen-bond donors (Lipinski definition) is 12. The summed E-state index contributed by atoms with van der Waals surface area (Å²) in [5.41, 5.74) is 40.5. The van der Waals surface area contributed by atoms with Gasteiger partial charge in [0.2, 0.25) is 23.6 Å². The Morgan fingerprint density at radius 3 is 1.43 bits per heavy atom. The molecule has 0 heterocycles. The third kappa shape index (κ3) is 17.3. The Morgan fingerprint density at radius 2 is 0.933 bits per heavy atom. The van der Waals surface area contributed by atoms with Crippen molar-refractivity contribution in [2.75, 3.05) is 19.6 Å². The number of aliphatic imine (C=N–C) groups is 3. The summed E-state index contributed by atoms with van der Waals surface area (Å²) in [7, 11) is 0. The van der Waals surface area contributed by atoms with Gasteiger partial charge in [-0.25, -0.2) is 4.79 Å². The van der Waals surface area contributed by atoms with E-state index in [2.05, 4.69) is 36.2 Å². The van der Waals surface area contributed by atoms with E-state index in [-0.39, 0.29) is 88.9 Å². The molecule has 0 bridgehead atoms. The van der Waals surface area contributed by atoms with E-state index in [9.17, 15) is 29.1 Å². The van der Waals surface area contributed by atoms with Crippen LogP contribution in [-0.2, 0) is 36.8 Å². The molecule has 0 aliphatic heterocycles. The molecule has 4 amide bonds. The second-order valence-electron chi connectivity index (χ2n) is 14.1. The lowest BCUT2D eigenvalue weighted by atomic mass is 9.99. The second kappa shape index (κ2) is 24.7. The molecule has 0 aliphatic carbocycles. The van der Waals surface area contributed by atoms with Crippen LogP contribution in [-0.4, -0.2) is 102 Å². The zero-order chi connectivity index (χ0) is 44.0. The van der Waals surface area contributed by atoms with Crippen molar-refractivity contribution in [2.24, 2.45) is 55.1 Å². The van der Waals surface area contributed by atoms with Gasteiger partial charge in [0.25, 0.3) is 0 Å². The Labute approximate surface area is 348 Å². The number of aliphatic carboxylic acids is 1. The summed E-state index contributed by atoms with van der Waals surface area (Å²) in [5, 5.41) is 22.4. The number of carboxylic acids is 1. The average molecular weight is 831 g/mol. The van der Waals surface area contributed by atoms with Crippen LogP contribution in [0.25, 0.3) is 10.8 Å². The molecule has 0 saturated heterocycles.